The molecule has 0 fully saturated rings. The average Bonchev–Trinajstić information content (AvgIpc) is 1.93. The minimum atomic E-state index is -4.25. The maximum absolute atomic E-state index is 10.6. The number of amides is 2. The van der Waals surface area contributed by atoms with Crippen molar-refractivity contribution in [3.63, 3.8) is 0 Å². The van der Waals surface area contributed by atoms with E-state index in [1.807, 2.05) is 0 Å². The molecule has 0 unspecified atom stereocenters. The van der Waals surface area contributed by atoms with Crippen LogP contribution in [0.3, 0.4) is 0 Å². The molecular weight excluding hydrogens is 198 g/mol. The first-order valence-corrected chi connectivity index (χ1v) is 4.69. The minimum absolute atomic E-state index is 0.0575. The number of carbonyl (C=O) groups excluding carboxylic acids is 1. The predicted octanol–water partition coefficient (Wildman–Crippen LogP) is -1.16. The number of nitrogens with two attached hydrogens (primary N) is 1. The second-order valence-corrected chi connectivity index (χ2v) is 3.58. The molecule has 0 saturated heterocycles. The summed E-state index contributed by atoms with van der Waals surface area (Å²) in [6.07, 6.45) is 0. The van der Waals surface area contributed by atoms with Crippen LogP contribution in [-0.4, -0.2) is 31.4 Å². The largest absolute Gasteiger partial charge is 0.383 e. The normalized spacial score (nSPS) is 21.2. The number of hydrogen-bond donors (Lipinski definition) is 3. The molecule has 7 nitrogen and oxygen atoms in total. The van der Waals surface area contributed by atoms with Crippen LogP contribution in [0.15, 0.2) is 16.0 Å². The number of nitrogens with zero attached hydrogens (tertiary/aromatic N) is 1. The van der Waals surface area contributed by atoms with Crippen molar-refractivity contribution in [3.8, 4) is 0 Å². The summed E-state index contributed by atoms with van der Waals surface area (Å²) in [4.78, 5) is 13.8. The SMILES string of the molecule is NC1=NC(=O)NCC1=CS(=O)(=O)O. The van der Waals surface area contributed by atoms with E-state index in [0.717, 1.165) is 0 Å². The van der Waals surface area contributed by atoms with Crippen LogP contribution >= 0.6 is 0 Å². The molecule has 8 heteroatoms. The zero-order valence-electron chi connectivity index (χ0n) is 6.39. The van der Waals surface area contributed by atoms with E-state index in [1.165, 1.54) is 0 Å². The van der Waals surface area contributed by atoms with Crippen molar-refractivity contribution in [2.75, 3.05) is 6.54 Å². The molecule has 0 saturated carbocycles. The number of amidine groups is 1. The van der Waals surface area contributed by atoms with Gasteiger partial charge < -0.3 is 11.1 Å². The molecule has 0 aromatic rings. The lowest BCUT2D eigenvalue weighted by Crippen LogP contribution is -2.35. The zero-order valence-corrected chi connectivity index (χ0v) is 7.21. The average molecular weight is 205 g/mol. The Balaban J connectivity index is 3.04. The Hall–Kier alpha value is -1.41. The minimum Gasteiger partial charge on any atom is -0.383 e. The highest BCUT2D eigenvalue weighted by Gasteiger charge is 2.15. The molecule has 0 bridgehead atoms. The van der Waals surface area contributed by atoms with Crippen molar-refractivity contribution < 1.29 is 17.8 Å². The smallest absolute Gasteiger partial charge is 0.343 e. The molecule has 4 N–H and O–H groups in total. The molecule has 2 amide bonds. The van der Waals surface area contributed by atoms with Crippen LogP contribution in [-0.2, 0) is 10.1 Å². The van der Waals surface area contributed by atoms with E-state index in [0.29, 0.717) is 5.41 Å². The Morgan fingerprint density at radius 2 is 2.23 bits per heavy atom. The van der Waals surface area contributed by atoms with Gasteiger partial charge in [-0.15, -0.1) is 0 Å². The highest BCUT2D eigenvalue weighted by atomic mass is 32.2. The second-order valence-electron chi connectivity index (χ2n) is 2.31. The first-order chi connectivity index (χ1) is 5.88. The number of carbonyl (C=O) groups is 1. The summed E-state index contributed by atoms with van der Waals surface area (Å²) in [5, 5.41) is 2.78. The van der Waals surface area contributed by atoms with Gasteiger partial charge in [-0.05, 0) is 0 Å². The lowest BCUT2D eigenvalue weighted by atomic mass is 10.2. The topological polar surface area (TPSA) is 122 Å². The van der Waals surface area contributed by atoms with Crippen LogP contribution in [0.1, 0.15) is 0 Å². The lowest BCUT2D eigenvalue weighted by molar-refractivity contribution is 0.249. The van der Waals surface area contributed by atoms with Crippen molar-refractivity contribution in [1.29, 1.82) is 0 Å². The molecule has 1 aliphatic heterocycles. The summed E-state index contributed by atoms with van der Waals surface area (Å²) in [6, 6.07) is -0.634. The molecule has 0 aromatic carbocycles. The standard InChI is InChI=1S/C5H7N3O4S/c6-4-3(2-13(10,11)12)1-7-5(9)8-4/h2H,1H2,(H,10,11,12)(H3,6,7,8,9). The molecule has 0 spiro atoms. The molecule has 1 heterocycles. The number of rotatable bonds is 1. The molecule has 1 aliphatic rings. The molecule has 0 aromatic heterocycles. The molecule has 0 radical (unpaired) electrons. The lowest BCUT2D eigenvalue weighted by Gasteiger charge is -2.11. The van der Waals surface area contributed by atoms with E-state index in [9.17, 15) is 13.2 Å². The molecule has 13 heavy (non-hydrogen) atoms. The van der Waals surface area contributed by atoms with E-state index in [-0.39, 0.29) is 18.0 Å². The van der Waals surface area contributed by atoms with Crippen LogP contribution in [0.4, 0.5) is 4.79 Å². The third-order valence-corrected chi connectivity index (χ3v) is 1.85. The summed E-state index contributed by atoms with van der Waals surface area (Å²) in [6.45, 7) is -0.0616. The van der Waals surface area contributed by atoms with Gasteiger partial charge in [0.15, 0.2) is 0 Å². The Labute approximate surface area is 74.1 Å². The van der Waals surface area contributed by atoms with Crippen LogP contribution < -0.4 is 11.1 Å². The van der Waals surface area contributed by atoms with Gasteiger partial charge in [-0.1, -0.05) is 0 Å². The highest BCUT2D eigenvalue weighted by Crippen LogP contribution is 2.02. The van der Waals surface area contributed by atoms with Gasteiger partial charge in [0.1, 0.15) is 5.84 Å². The van der Waals surface area contributed by atoms with Gasteiger partial charge in [0.25, 0.3) is 10.1 Å². The van der Waals surface area contributed by atoms with Crippen LogP contribution in [0.2, 0.25) is 0 Å². The molecule has 0 atom stereocenters. The Kier molecular flexibility index (Phi) is 2.34. The van der Waals surface area contributed by atoms with E-state index in [1.54, 1.807) is 0 Å². The Morgan fingerprint density at radius 1 is 1.62 bits per heavy atom. The summed E-state index contributed by atoms with van der Waals surface area (Å²) < 4.78 is 29.2. The third-order valence-electron chi connectivity index (χ3n) is 1.27. The van der Waals surface area contributed by atoms with Gasteiger partial charge in [-0.2, -0.15) is 13.4 Å². The van der Waals surface area contributed by atoms with E-state index in [2.05, 4.69) is 10.3 Å². The van der Waals surface area contributed by atoms with Gasteiger partial charge in [-0.25, -0.2) is 4.79 Å². The van der Waals surface area contributed by atoms with Crippen LogP contribution in [0, 0.1) is 0 Å². The second kappa shape index (κ2) is 3.15. The fourth-order valence-corrected chi connectivity index (χ4v) is 1.33. The number of nitrogens with one attached hydrogen (secondary N) is 1. The quantitative estimate of drug-likeness (QED) is 0.466. The van der Waals surface area contributed by atoms with E-state index >= 15 is 0 Å². The van der Waals surface area contributed by atoms with Gasteiger partial charge in [0.05, 0.1) is 5.41 Å². The summed E-state index contributed by atoms with van der Waals surface area (Å²) >= 11 is 0. The van der Waals surface area contributed by atoms with Gasteiger partial charge >= 0.3 is 6.03 Å². The van der Waals surface area contributed by atoms with Crippen molar-refractivity contribution in [3.05, 3.63) is 11.0 Å². The van der Waals surface area contributed by atoms with Gasteiger partial charge in [0, 0.05) is 12.1 Å². The van der Waals surface area contributed by atoms with Crippen molar-refractivity contribution in [2.45, 2.75) is 0 Å². The van der Waals surface area contributed by atoms with Crippen LogP contribution in [0.25, 0.3) is 0 Å². The zero-order chi connectivity index (χ0) is 10.1. The highest BCUT2D eigenvalue weighted by molar-refractivity contribution is 7.88. The van der Waals surface area contributed by atoms with Gasteiger partial charge in [0.2, 0.25) is 0 Å². The fraction of sp³-hybridized carbons (Fsp3) is 0.200. The summed E-state index contributed by atoms with van der Waals surface area (Å²) in [7, 11) is -4.25. The number of aliphatic imine (C=N–C) groups is 1. The van der Waals surface area contributed by atoms with Crippen molar-refractivity contribution >= 4 is 22.0 Å². The van der Waals surface area contributed by atoms with Gasteiger partial charge in [-0.3, -0.25) is 4.55 Å². The Morgan fingerprint density at radius 3 is 2.69 bits per heavy atom. The summed E-state index contributed by atoms with van der Waals surface area (Å²) in [5.41, 5.74) is 5.28. The van der Waals surface area contributed by atoms with Crippen LogP contribution in [0.5, 0.6) is 0 Å². The monoisotopic (exact) mass is 205 g/mol. The maximum Gasteiger partial charge on any atom is 0.343 e. The number of urea groups is 1. The fourth-order valence-electron chi connectivity index (χ4n) is 0.764. The molecule has 0 aliphatic carbocycles. The maximum atomic E-state index is 10.6. The molecular formula is C5H7N3O4S. The molecule has 1 rings (SSSR count). The predicted molar refractivity (Wildman–Crippen MR) is 44.7 cm³/mol. The van der Waals surface area contributed by atoms with E-state index < -0.39 is 16.1 Å². The first kappa shape index (κ1) is 9.68. The first-order valence-electron chi connectivity index (χ1n) is 3.19. The molecule has 72 valence electrons. The summed E-state index contributed by atoms with van der Waals surface area (Å²) in [5.74, 6) is -0.207. The van der Waals surface area contributed by atoms with Crippen molar-refractivity contribution in [1.82, 2.24) is 5.32 Å². The third kappa shape index (κ3) is 2.84. The van der Waals surface area contributed by atoms with Crippen molar-refractivity contribution in [2.24, 2.45) is 10.7 Å². The Bertz CT molecular complexity index is 394. The number of hydrogen-bond acceptors (Lipinski definition) is 4. The van der Waals surface area contributed by atoms with E-state index in [4.69, 9.17) is 10.3 Å².